The molecule has 1 aliphatic carbocycles. The van der Waals surface area contributed by atoms with Crippen molar-refractivity contribution in [3.05, 3.63) is 17.2 Å². The SMILES string of the molecule is CNC(Cn1c(C)nc2c1CCCC2)C(=O)OC. The lowest BCUT2D eigenvalue weighted by Gasteiger charge is -2.19. The van der Waals surface area contributed by atoms with Crippen LogP contribution in [0.25, 0.3) is 0 Å². The van der Waals surface area contributed by atoms with Crippen molar-refractivity contribution in [3.63, 3.8) is 0 Å². The van der Waals surface area contributed by atoms with Crippen LogP contribution in [0.4, 0.5) is 0 Å². The molecule has 1 N–H and O–H groups in total. The quantitative estimate of drug-likeness (QED) is 0.805. The number of fused-ring (bicyclic) bond motifs is 1. The Balaban J connectivity index is 2.22. The molecule has 5 heteroatoms. The number of esters is 1. The van der Waals surface area contributed by atoms with Gasteiger partial charge in [0.1, 0.15) is 11.9 Å². The third-order valence-electron chi connectivity index (χ3n) is 3.62. The molecule has 1 heterocycles. The number of aryl methyl sites for hydroxylation is 2. The van der Waals surface area contributed by atoms with Crippen LogP contribution in [-0.2, 0) is 28.9 Å². The maximum atomic E-state index is 11.6. The summed E-state index contributed by atoms with van der Waals surface area (Å²) in [6, 6.07) is -0.311. The first-order valence-electron chi connectivity index (χ1n) is 6.47. The minimum absolute atomic E-state index is 0.227. The van der Waals surface area contributed by atoms with E-state index in [1.807, 2.05) is 6.92 Å². The summed E-state index contributed by atoms with van der Waals surface area (Å²) >= 11 is 0. The molecule has 2 rings (SSSR count). The smallest absolute Gasteiger partial charge is 0.324 e. The number of carbonyl (C=O) groups is 1. The van der Waals surface area contributed by atoms with Gasteiger partial charge in [-0.15, -0.1) is 0 Å². The van der Waals surface area contributed by atoms with Gasteiger partial charge in [0, 0.05) is 5.69 Å². The summed E-state index contributed by atoms with van der Waals surface area (Å²) in [5.41, 5.74) is 2.50. The van der Waals surface area contributed by atoms with Crippen LogP contribution in [0.1, 0.15) is 30.1 Å². The molecule has 1 aliphatic rings. The molecule has 0 amide bonds. The number of nitrogens with zero attached hydrogens (tertiary/aromatic N) is 2. The van der Waals surface area contributed by atoms with Crippen molar-refractivity contribution in [1.29, 1.82) is 0 Å². The van der Waals surface area contributed by atoms with Crippen LogP contribution in [0.3, 0.4) is 0 Å². The Morgan fingerprint density at radius 3 is 2.89 bits per heavy atom. The van der Waals surface area contributed by atoms with Crippen molar-refractivity contribution < 1.29 is 9.53 Å². The number of hydrogen-bond donors (Lipinski definition) is 1. The Labute approximate surface area is 108 Å². The highest BCUT2D eigenvalue weighted by molar-refractivity contribution is 5.75. The Morgan fingerprint density at radius 1 is 1.50 bits per heavy atom. The molecular formula is C13H21N3O2. The van der Waals surface area contributed by atoms with Crippen molar-refractivity contribution in [2.75, 3.05) is 14.2 Å². The molecule has 0 saturated heterocycles. The van der Waals surface area contributed by atoms with E-state index in [1.165, 1.54) is 31.3 Å². The zero-order valence-electron chi connectivity index (χ0n) is 11.3. The fourth-order valence-electron chi connectivity index (χ4n) is 2.59. The first-order chi connectivity index (χ1) is 8.67. The van der Waals surface area contributed by atoms with E-state index >= 15 is 0 Å². The van der Waals surface area contributed by atoms with Crippen LogP contribution in [-0.4, -0.2) is 35.7 Å². The Morgan fingerprint density at radius 2 is 2.22 bits per heavy atom. The van der Waals surface area contributed by atoms with Gasteiger partial charge in [0.25, 0.3) is 0 Å². The molecule has 0 radical (unpaired) electrons. The van der Waals surface area contributed by atoms with Gasteiger partial charge in [0.15, 0.2) is 0 Å². The van der Waals surface area contributed by atoms with E-state index in [2.05, 4.69) is 14.9 Å². The monoisotopic (exact) mass is 251 g/mol. The number of aromatic nitrogens is 2. The molecule has 0 aliphatic heterocycles. The summed E-state index contributed by atoms with van der Waals surface area (Å²) in [6.07, 6.45) is 4.55. The van der Waals surface area contributed by atoms with Crippen LogP contribution in [0.15, 0.2) is 0 Å². The number of methoxy groups -OCH3 is 1. The Hall–Kier alpha value is -1.36. The summed E-state index contributed by atoms with van der Waals surface area (Å²) < 4.78 is 6.96. The van der Waals surface area contributed by atoms with E-state index in [1.54, 1.807) is 7.05 Å². The fraction of sp³-hybridized carbons (Fsp3) is 0.692. The Bertz CT molecular complexity index is 440. The highest BCUT2D eigenvalue weighted by Gasteiger charge is 2.23. The molecule has 0 fully saturated rings. The topological polar surface area (TPSA) is 56.2 Å². The summed E-state index contributed by atoms with van der Waals surface area (Å²) in [5.74, 6) is 0.765. The third-order valence-corrected chi connectivity index (χ3v) is 3.62. The van der Waals surface area contributed by atoms with Crippen molar-refractivity contribution in [1.82, 2.24) is 14.9 Å². The molecule has 1 aromatic rings. The predicted molar refractivity (Wildman–Crippen MR) is 68.5 cm³/mol. The summed E-state index contributed by atoms with van der Waals surface area (Å²) in [4.78, 5) is 16.2. The number of likely N-dealkylation sites (N-methyl/N-ethyl adjacent to an activating group) is 1. The van der Waals surface area contributed by atoms with Gasteiger partial charge >= 0.3 is 5.97 Å². The minimum atomic E-state index is -0.311. The first kappa shape index (κ1) is 13.1. The van der Waals surface area contributed by atoms with E-state index < -0.39 is 0 Å². The van der Waals surface area contributed by atoms with Crippen molar-refractivity contribution in [3.8, 4) is 0 Å². The largest absolute Gasteiger partial charge is 0.468 e. The first-order valence-corrected chi connectivity index (χ1v) is 6.47. The molecular weight excluding hydrogens is 230 g/mol. The highest BCUT2D eigenvalue weighted by atomic mass is 16.5. The van der Waals surface area contributed by atoms with Crippen LogP contribution in [0.5, 0.6) is 0 Å². The highest BCUT2D eigenvalue weighted by Crippen LogP contribution is 2.22. The van der Waals surface area contributed by atoms with E-state index in [0.717, 1.165) is 18.7 Å². The molecule has 0 bridgehead atoms. The average Bonchev–Trinajstić information content (AvgIpc) is 2.71. The second-order valence-corrected chi connectivity index (χ2v) is 4.73. The van der Waals surface area contributed by atoms with E-state index in [0.29, 0.717) is 6.54 Å². The van der Waals surface area contributed by atoms with Crippen LogP contribution in [0, 0.1) is 6.92 Å². The molecule has 1 unspecified atom stereocenters. The van der Waals surface area contributed by atoms with Crippen molar-refractivity contribution in [2.24, 2.45) is 0 Å². The van der Waals surface area contributed by atoms with Crippen molar-refractivity contribution in [2.45, 2.75) is 45.2 Å². The molecule has 0 aromatic carbocycles. The van der Waals surface area contributed by atoms with E-state index in [-0.39, 0.29) is 12.0 Å². The maximum absolute atomic E-state index is 11.6. The van der Waals surface area contributed by atoms with Crippen LogP contribution >= 0.6 is 0 Å². The molecule has 0 spiro atoms. The number of rotatable bonds is 4. The number of imidazole rings is 1. The summed E-state index contributed by atoms with van der Waals surface area (Å²) in [6.45, 7) is 2.60. The van der Waals surface area contributed by atoms with Crippen molar-refractivity contribution >= 4 is 5.97 Å². The molecule has 1 atom stereocenters. The lowest BCUT2D eigenvalue weighted by molar-refractivity contribution is -0.143. The lowest BCUT2D eigenvalue weighted by Crippen LogP contribution is -2.39. The zero-order valence-corrected chi connectivity index (χ0v) is 11.3. The lowest BCUT2D eigenvalue weighted by atomic mass is 10.0. The minimum Gasteiger partial charge on any atom is -0.468 e. The number of nitrogens with one attached hydrogen (secondary N) is 1. The molecule has 0 saturated carbocycles. The molecule has 1 aromatic heterocycles. The van der Waals surface area contributed by atoms with Gasteiger partial charge in [-0.2, -0.15) is 0 Å². The molecule has 18 heavy (non-hydrogen) atoms. The molecule has 5 nitrogen and oxygen atoms in total. The van der Waals surface area contributed by atoms with Gasteiger partial charge in [-0.1, -0.05) is 0 Å². The van der Waals surface area contributed by atoms with Gasteiger partial charge < -0.3 is 14.6 Å². The number of carbonyl (C=O) groups excluding carboxylic acids is 1. The summed E-state index contributed by atoms with van der Waals surface area (Å²) in [5, 5.41) is 3.00. The second-order valence-electron chi connectivity index (χ2n) is 4.73. The van der Waals surface area contributed by atoms with Gasteiger partial charge in [-0.25, -0.2) is 4.98 Å². The third kappa shape index (κ3) is 2.41. The van der Waals surface area contributed by atoms with E-state index in [4.69, 9.17) is 4.74 Å². The van der Waals surface area contributed by atoms with Crippen LogP contribution in [0.2, 0.25) is 0 Å². The summed E-state index contributed by atoms with van der Waals surface area (Å²) in [7, 11) is 3.20. The predicted octanol–water partition coefficient (Wildman–Crippen LogP) is 0.831. The Kier molecular flexibility index (Phi) is 4.01. The normalized spacial score (nSPS) is 16.2. The van der Waals surface area contributed by atoms with Gasteiger partial charge in [-0.05, 0) is 39.7 Å². The number of hydrogen-bond acceptors (Lipinski definition) is 4. The number of ether oxygens (including phenoxy) is 1. The van der Waals surface area contributed by atoms with Gasteiger partial charge in [0.2, 0.25) is 0 Å². The van der Waals surface area contributed by atoms with Crippen LogP contribution < -0.4 is 5.32 Å². The second kappa shape index (κ2) is 5.52. The molecule has 100 valence electrons. The van der Waals surface area contributed by atoms with Gasteiger partial charge in [0.05, 0.1) is 19.3 Å². The van der Waals surface area contributed by atoms with E-state index in [9.17, 15) is 4.79 Å². The average molecular weight is 251 g/mol. The standard InChI is InChI=1S/C13H21N3O2/c1-9-15-10-6-4-5-7-12(10)16(9)8-11(14-2)13(17)18-3/h11,14H,4-8H2,1-3H3. The maximum Gasteiger partial charge on any atom is 0.324 e. The van der Waals surface area contributed by atoms with Gasteiger partial charge in [-0.3, -0.25) is 4.79 Å². The fourth-order valence-corrected chi connectivity index (χ4v) is 2.59. The zero-order chi connectivity index (χ0) is 13.1.